The predicted molar refractivity (Wildman–Crippen MR) is 67.2 cm³/mol. The Morgan fingerprint density at radius 3 is 2.35 bits per heavy atom. The first-order valence-electron chi connectivity index (χ1n) is 5.44. The van der Waals surface area contributed by atoms with E-state index < -0.39 is 15.0 Å². The zero-order valence-corrected chi connectivity index (χ0v) is 10.8. The molecule has 1 aromatic rings. The van der Waals surface area contributed by atoms with Gasteiger partial charge in [-0.1, -0.05) is 44.2 Å². The average molecular weight is 252 g/mol. The third-order valence-corrected chi connectivity index (χ3v) is 3.82. The molecule has 0 unspecified atom stereocenters. The van der Waals surface area contributed by atoms with Crippen LogP contribution in [0.25, 0.3) is 0 Å². The van der Waals surface area contributed by atoms with E-state index in [1.54, 1.807) is 24.3 Å². The van der Waals surface area contributed by atoms with E-state index in [2.05, 4.69) is 0 Å². The van der Waals surface area contributed by atoms with Crippen molar-refractivity contribution in [3.8, 4) is 0 Å². The maximum absolute atomic E-state index is 11.8. The zero-order valence-electron chi connectivity index (χ0n) is 9.96. The number of hydrogen-bond acceptors (Lipinski definition) is 3. The number of benzene rings is 1. The third kappa shape index (κ3) is 3.82. The fraction of sp³-hybridized carbons (Fsp3) is 0.308. The van der Waals surface area contributed by atoms with E-state index in [1.165, 1.54) is 12.1 Å². The van der Waals surface area contributed by atoms with Crippen LogP contribution in [0.4, 0.5) is 0 Å². The molecule has 4 heteroatoms. The first-order valence-corrected chi connectivity index (χ1v) is 6.92. The molecule has 0 amide bonds. The van der Waals surface area contributed by atoms with E-state index in [0.29, 0.717) is 5.92 Å². The van der Waals surface area contributed by atoms with Crippen LogP contribution in [0.15, 0.2) is 47.4 Å². The Balaban J connectivity index is 2.82. The molecular formula is C13H16O3S. The van der Waals surface area contributed by atoms with E-state index in [4.69, 9.17) is 0 Å². The van der Waals surface area contributed by atoms with Gasteiger partial charge in [0.25, 0.3) is 5.12 Å². The van der Waals surface area contributed by atoms with Crippen molar-refractivity contribution in [2.24, 2.45) is 5.92 Å². The lowest BCUT2D eigenvalue weighted by molar-refractivity contribution is -0.111. The summed E-state index contributed by atoms with van der Waals surface area (Å²) in [4.78, 5) is 11.7. The molecule has 0 saturated heterocycles. The lowest BCUT2D eigenvalue weighted by atomic mass is 10.2. The normalized spacial score (nSPS) is 12.2. The van der Waals surface area contributed by atoms with Gasteiger partial charge in [0.2, 0.25) is 9.84 Å². The molecule has 92 valence electrons. The molecular weight excluding hydrogens is 236 g/mol. The summed E-state index contributed by atoms with van der Waals surface area (Å²) in [6, 6.07) is 7.77. The first-order chi connectivity index (χ1) is 7.94. The van der Waals surface area contributed by atoms with E-state index >= 15 is 0 Å². The van der Waals surface area contributed by atoms with Crippen LogP contribution in [0.3, 0.4) is 0 Å². The Kier molecular flexibility index (Phi) is 4.63. The van der Waals surface area contributed by atoms with Gasteiger partial charge in [0.05, 0.1) is 4.90 Å². The molecule has 0 N–H and O–H groups in total. The second kappa shape index (κ2) is 5.77. The van der Waals surface area contributed by atoms with Crippen molar-refractivity contribution >= 4 is 15.0 Å². The number of carbonyl (C=O) groups is 1. The van der Waals surface area contributed by atoms with E-state index in [9.17, 15) is 13.2 Å². The van der Waals surface area contributed by atoms with Gasteiger partial charge in [0, 0.05) is 6.42 Å². The Labute approximate surface area is 102 Å². The van der Waals surface area contributed by atoms with Gasteiger partial charge in [-0.05, 0) is 18.1 Å². The highest BCUT2D eigenvalue weighted by Crippen LogP contribution is 2.13. The highest BCUT2D eigenvalue weighted by molar-refractivity contribution is 8.06. The third-order valence-electron chi connectivity index (χ3n) is 2.16. The Hall–Kier alpha value is -1.42. The second-order valence-corrected chi connectivity index (χ2v) is 6.00. The van der Waals surface area contributed by atoms with Gasteiger partial charge in [-0.3, -0.25) is 4.79 Å². The summed E-state index contributed by atoms with van der Waals surface area (Å²) in [5.74, 6) is 0.308. The van der Waals surface area contributed by atoms with Gasteiger partial charge in [-0.15, -0.1) is 0 Å². The van der Waals surface area contributed by atoms with Gasteiger partial charge >= 0.3 is 0 Å². The van der Waals surface area contributed by atoms with Gasteiger partial charge in [0.1, 0.15) is 0 Å². The molecule has 0 bridgehead atoms. The van der Waals surface area contributed by atoms with Gasteiger partial charge in [-0.2, -0.15) is 0 Å². The van der Waals surface area contributed by atoms with Crippen LogP contribution in [0.5, 0.6) is 0 Å². The van der Waals surface area contributed by atoms with Crippen molar-refractivity contribution in [2.75, 3.05) is 0 Å². The summed E-state index contributed by atoms with van der Waals surface area (Å²) in [5.41, 5.74) is 0. The van der Waals surface area contributed by atoms with Crippen LogP contribution < -0.4 is 0 Å². The van der Waals surface area contributed by atoms with Crippen molar-refractivity contribution < 1.29 is 13.2 Å². The Morgan fingerprint density at radius 2 is 1.82 bits per heavy atom. The standard InChI is InChI=1S/C13H16O3S/c1-11(2)7-6-10-13(14)17(15,16)12-8-4-3-5-9-12/h3-9,11H,10H2,1-2H3/b7-6+. The van der Waals surface area contributed by atoms with E-state index in [0.717, 1.165) is 0 Å². The number of carbonyl (C=O) groups excluding carboxylic acids is 1. The van der Waals surface area contributed by atoms with Crippen LogP contribution in [-0.2, 0) is 14.6 Å². The van der Waals surface area contributed by atoms with Crippen molar-refractivity contribution in [1.29, 1.82) is 0 Å². The Bertz CT molecular complexity index is 499. The van der Waals surface area contributed by atoms with Crippen LogP contribution in [0, 0.1) is 5.92 Å². The molecule has 1 aromatic carbocycles. The lowest BCUT2D eigenvalue weighted by Crippen LogP contribution is -2.13. The van der Waals surface area contributed by atoms with Crippen molar-refractivity contribution in [1.82, 2.24) is 0 Å². The smallest absolute Gasteiger partial charge is 0.254 e. The van der Waals surface area contributed by atoms with Crippen LogP contribution in [-0.4, -0.2) is 13.5 Å². The topological polar surface area (TPSA) is 51.2 Å². The molecule has 0 fully saturated rings. The van der Waals surface area contributed by atoms with Crippen LogP contribution in [0.2, 0.25) is 0 Å². The first kappa shape index (κ1) is 13.6. The average Bonchev–Trinajstić information content (AvgIpc) is 2.29. The monoisotopic (exact) mass is 252 g/mol. The number of rotatable bonds is 4. The quantitative estimate of drug-likeness (QED) is 0.774. The highest BCUT2D eigenvalue weighted by Gasteiger charge is 2.22. The summed E-state index contributed by atoms with van der Waals surface area (Å²) in [7, 11) is -3.83. The summed E-state index contributed by atoms with van der Waals surface area (Å²) >= 11 is 0. The predicted octanol–water partition coefficient (Wildman–Crippen LogP) is 2.59. The van der Waals surface area contributed by atoms with Crippen LogP contribution in [0.1, 0.15) is 20.3 Å². The largest absolute Gasteiger partial charge is 0.281 e. The minimum atomic E-state index is -3.83. The summed E-state index contributed by atoms with van der Waals surface area (Å²) < 4.78 is 23.6. The lowest BCUT2D eigenvalue weighted by Gasteiger charge is -2.01. The molecule has 17 heavy (non-hydrogen) atoms. The fourth-order valence-corrected chi connectivity index (χ4v) is 2.37. The zero-order chi connectivity index (χ0) is 12.9. The minimum Gasteiger partial charge on any atom is -0.281 e. The summed E-state index contributed by atoms with van der Waals surface area (Å²) in [6.07, 6.45) is 3.35. The second-order valence-electron chi connectivity index (χ2n) is 4.06. The molecule has 0 aliphatic carbocycles. The molecule has 1 rings (SSSR count). The molecule has 0 atom stereocenters. The summed E-state index contributed by atoms with van der Waals surface area (Å²) in [6.45, 7) is 3.93. The van der Waals surface area contributed by atoms with Crippen molar-refractivity contribution in [3.63, 3.8) is 0 Å². The molecule has 0 aliphatic rings. The SMILES string of the molecule is CC(C)/C=C/CC(=O)S(=O)(=O)c1ccccc1. The summed E-state index contributed by atoms with van der Waals surface area (Å²) in [5, 5.41) is -0.763. The van der Waals surface area contributed by atoms with E-state index in [-0.39, 0.29) is 11.3 Å². The van der Waals surface area contributed by atoms with Crippen molar-refractivity contribution in [2.45, 2.75) is 25.2 Å². The molecule has 0 saturated carbocycles. The molecule has 0 aliphatic heterocycles. The van der Waals surface area contributed by atoms with Gasteiger partial charge in [0.15, 0.2) is 0 Å². The molecule has 0 heterocycles. The fourth-order valence-electron chi connectivity index (χ4n) is 1.28. The molecule has 0 radical (unpaired) electrons. The maximum atomic E-state index is 11.8. The number of hydrogen-bond donors (Lipinski definition) is 0. The Morgan fingerprint density at radius 1 is 1.24 bits per heavy atom. The van der Waals surface area contributed by atoms with Crippen LogP contribution >= 0.6 is 0 Å². The van der Waals surface area contributed by atoms with Gasteiger partial charge in [-0.25, -0.2) is 8.42 Å². The van der Waals surface area contributed by atoms with Gasteiger partial charge < -0.3 is 0 Å². The molecule has 0 aromatic heterocycles. The number of allylic oxidation sites excluding steroid dienone is 2. The van der Waals surface area contributed by atoms with E-state index in [1.807, 2.05) is 19.9 Å². The highest BCUT2D eigenvalue weighted by atomic mass is 32.2. The van der Waals surface area contributed by atoms with Crippen molar-refractivity contribution in [3.05, 3.63) is 42.5 Å². The molecule has 0 spiro atoms. The minimum absolute atomic E-state index is 0.0583. The molecule has 3 nitrogen and oxygen atoms in total. The maximum Gasteiger partial charge on any atom is 0.254 e. The number of sulfone groups is 1.